The maximum absolute atomic E-state index is 9.94. The molecule has 2 heterocycles. The van der Waals surface area contributed by atoms with Crippen LogP contribution in [0.25, 0.3) is 0 Å². The van der Waals surface area contributed by atoms with Crippen molar-refractivity contribution in [3.8, 4) is 0 Å². The van der Waals surface area contributed by atoms with Gasteiger partial charge in [-0.3, -0.25) is 0 Å². The Morgan fingerprint density at radius 3 is 2.85 bits per heavy atom. The van der Waals surface area contributed by atoms with Gasteiger partial charge in [-0.05, 0) is 18.6 Å². The molecule has 4 heteroatoms. The minimum absolute atomic E-state index is 0.308. The summed E-state index contributed by atoms with van der Waals surface area (Å²) < 4.78 is 4.95. The van der Waals surface area contributed by atoms with Gasteiger partial charge in [-0.2, -0.15) is 0 Å². The minimum atomic E-state index is -0.914. The number of anilines is 1. The van der Waals surface area contributed by atoms with E-state index >= 15 is 0 Å². The van der Waals surface area contributed by atoms with Crippen molar-refractivity contribution < 1.29 is 9.84 Å². The first kappa shape index (κ1) is 8.47. The first-order valence-electron chi connectivity index (χ1n) is 4.14. The lowest BCUT2D eigenvalue weighted by Crippen LogP contribution is -2.47. The van der Waals surface area contributed by atoms with E-state index in [2.05, 4.69) is 4.98 Å². The van der Waals surface area contributed by atoms with E-state index in [1.807, 2.05) is 13.0 Å². The molecule has 0 spiro atoms. The summed E-state index contributed by atoms with van der Waals surface area (Å²) >= 11 is 0. The first-order valence-corrected chi connectivity index (χ1v) is 4.14. The van der Waals surface area contributed by atoms with Crippen LogP contribution in [-0.4, -0.2) is 23.3 Å². The number of nitrogens with two attached hydrogens (primary N) is 1. The van der Waals surface area contributed by atoms with E-state index in [1.54, 1.807) is 6.20 Å². The van der Waals surface area contributed by atoms with Crippen LogP contribution in [0.5, 0.6) is 0 Å². The molecule has 0 unspecified atom stereocenters. The third kappa shape index (κ3) is 1.28. The molecule has 3 N–H and O–H groups in total. The molecule has 0 aromatic carbocycles. The van der Waals surface area contributed by atoms with E-state index in [0.717, 1.165) is 5.56 Å². The molecule has 0 saturated carbocycles. The van der Waals surface area contributed by atoms with Crippen LogP contribution in [0.15, 0.2) is 12.3 Å². The number of nitrogen functional groups attached to an aromatic ring is 1. The van der Waals surface area contributed by atoms with Crippen molar-refractivity contribution in [2.45, 2.75) is 12.5 Å². The Labute approximate surface area is 76.4 Å². The fourth-order valence-electron chi connectivity index (χ4n) is 1.40. The van der Waals surface area contributed by atoms with E-state index in [0.29, 0.717) is 24.6 Å². The number of nitrogens with zero attached hydrogens (tertiary/aromatic N) is 1. The molecule has 13 heavy (non-hydrogen) atoms. The van der Waals surface area contributed by atoms with Gasteiger partial charge < -0.3 is 15.6 Å². The predicted octanol–water partition coefficient (Wildman–Crippen LogP) is 0.190. The number of ether oxygens (including phenoxy) is 1. The number of aromatic nitrogens is 1. The zero-order valence-electron chi connectivity index (χ0n) is 7.45. The lowest BCUT2D eigenvalue weighted by molar-refractivity contribution is -0.184. The summed E-state index contributed by atoms with van der Waals surface area (Å²) in [5.74, 6) is 0.386. The molecule has 0 bridgehead atoms. The monoisotopic (exact) mass is 180 g/mol. The molecule has 0 aliphatic carbocycles. The van der Waals surface area contributed by atoms with Gasteiger partial charge in [0.05, 0.1) is 13.2 Å². The highest BCUT2D eigenvalue weighted by molar-refractivity contribution is 5.45. The molecular weight excluding hydrogens is 168 g/mol. The SMILES string of the molecule is Cc1cnc(N)c(C2(O)COC2)c1. The molecule has 0 atom stereocenters. The maximum atomic E-state index is 9.94. The first-order chi connectivity index (χ1) is 6.12. The van der Waals surface area contributed by atoms with Gasteiger partial charge in [-0.25, -0.2) is 4.98 Å². The van der Waals surface area contributed by atoms with Crippen LogP contribution < -0.4 is 5.73 Å². The summed E-state index contributed by atoms with van der Waals surface area (Å²) in [7, 11) is 0. The molecule has 1 aliphatic rings. The second-order valence-electron chi connectivity index (χ2n) is 3.47. The fraction of sp³-hybridized carbons (Fsp3) is 0.444. The predicted molar refractivity (Wildman–Crippen MR) is 48.1 cm³/mol. The summed E-state index contributed by atoms with van der Waals surface area (Å²) in [6.07, 6.45) is 1.68. The van der Waals surface area contributed by atoms with Gasteiger partial charge in [0.2, 0.25) is 0 Å². The Hall–Kier alpha value is -1.13. The van der Waals surface area contributed by atoms with Crippen molar-refractivity contribution in [2.24, 2.45) is 0 Å². The number of hydrogen-bond acceptors (Lipinski definition) is 4. The molecule has 0 radical (unpaired) electrons. The topological polar surface area (TPSA) is 68.4 Å². The molecule has 1 aromatic heterocycles. The normalized spacial score (nSPS) is 19.5. The van der Waals surface area contributed by atoms with E-state index in [1.165, 1.54) is 0 Å². The molecule has 0 amide bonds. The average molecular weight is 180 g/mol. The van der Waals surface area contributed by atoms with Crippen molar-refractivity contribution >= 4 is 5.82 Å². The van der Waals surface area contributed by atoms with Crippen molar-refractivity contribution in [3.05, 3.63) is 23.4 Å². The van der Waals surface area contributed by atoms with Crippen molar-refractivity contribution in [3.63, 3.8) is 0 Å². The van der Waals surface area contributed by atoms with Gasteiger partial charge in [0, 0.05) is 11.8 Å². The van der Waals surface area contributed by atoms with Gasteiger partial charge in [0.25, 0.3) is 0 Å². The van der Waals surface area contributed by atoms with Gasteiger partial charge in [0.15, 0.2) is 0 Å². The van der Waals surface area contributed by atoms with E-state index in [4.69, 9.17) is 10.5 Å². The van der Waals surface area contributed by atoms with Gasteiger partial charge >= 0.3 is 0 Å². The number of pyridine rings is 1. The number of aryl methyl sites for hydroxylation is 1. The van der Waals surface area contributed by atoms with Crippen LogP contribution in [0.1, 0.15) is 11.1 Å². The Bertz CT molecular complexity index is 334. The Morgan fingerprint density at radius 2 is 2.31 bits per heavy atom. The van der Waals surface area contributed by atoms with Crippen LogP contribution in [-0.2, 0) is 10.3 Å². The summed E-state index contributed by atoms with van der Waals surface area (Å²) in [5.41, 5.74) is 6.41. The molecule has 1 aliphatic heterocycles. The van der Waals surface area contributed by atoms with Gasteiger partial charge in [-0.1, -0.05) is 0 Å². The number of rotatable bonds is 1. The summed E-state index contributed by atoms with van der Waals surface area (Å²) in [6.45, 7) is 2.53. The summed E-state index contributed by atoms with van der Waals surface area (Å²) in [6, 6.07) is 1.85. The average Bonchev–Trinajstić information content (AvgIpc) is 2.05. The second kappa shape index (κ2) is 2.68. The second-order valence-corrected chi connectivity index (χ2v) is 3.47. The van der Waals surface area contributed by atoms with Crippen molar-refractivity contribution in [2.75, 3.05) is 18.9 Å². The molecule has 1 fully saturated rings. The highest BCUT2D eigenvalue weighted by Gasteiger charge is 2.39. The molecule has 70 valence electrons. The van der Waals surface area contributed by atoms with Crippen LogP contribution >= 0.6 is 0 Å². The smallest absolute Gasteiger partial charge is 0.140 e. The largest absolute Gasteiger partial charge is 0.383 e. The maximum Gasteiger partial charge on any atom is 0.140 e. The van der Waals surface area contributed by atoms with Crippen LogP contribution in [0.4, 0.5) is 5.82 Å². The number of aliphatic hydroxyl groups is 1. The standard InChI is InChI=1S/C9H12N2O2/c1-6-2-7(8(10)11-3-6)9(12)4-13-5-9/h2-3,12H,4-5H2,1H3,(H2,10,11). The fourth-order valence-corrected chi connectivity index (χ4v) is 1.40. The Kier molecular flexibility index (Phi) is 1.75. The molecular formula is C9H12N2O2. The highest BCUT2D eigenvalue weighted by Crippen LogP contribution is 2.32. The van der Waals surface area contributed by atoms with Gasteiger partial charge in [0.1, 0.15) is 11.4 Å². The number of hydrogen-bond donors (Lipinski definition) is 2. The Balaban J connectivity index is 2.43. The third-order valence-corrected chi connectivity index (χ3v) is 2.24. The highest BCUT2D eigenvalue weighted by atomic mass is 16.5. The minimum Gasteiger partial charge on any atom is -0.383 e. The molecule has 4 nitrogen and oxygen atoms in total. The molecule has 1 aromatic rings. The summed E-state index contributed by atoms with van der Waals surface area (Å²) in [5, 5.41) is 9.94. The Morgan fingerprint density at radius 1 is 1.62 bits per heavy atom. The van der Waals surface area contributed by atoms with Crippen LogP contribution in [0, 0.1) is 6.92 Å². The van der Waals surface area contributed by atoms with Crippen LogP contribution in [0.2, 0.25) is 0 Å². The van der Waals surface area contributed by atoms with E-state index < -0.39 is 5.60 Å². The zero-order valence-corrected chi connectivity index (χ0v) is 7.45. The third-order valence-electron chi connectivity index (χ3n) is 2.24. The molecule has 1 saturated heterocycles. The summed E-state index contributed by atoms with van der Waals surface area (Å²) in [4.78, 5) is 3.99. The van der Waals surface area contributed by atoms with Gasteiger partial charge in [-0.15, -0.1) is 0 Å². The van der Waals surface area contributed by atoms with E-state index in [-0.39, 0.29) is 0 Å². The lowest BCUT2D eigenvalue weighted by atomic mass is 9.92. The molecule has 2 rings (SSSR count). The quantitative estimate of drug-likeness (QED) is 0.647. The van der Waals surface area contributed by atoms with Crippen molar-refractivity contribution in [1.29, 1.82) is 0 Å². The lowest BCUT2D eigenvalue weighted by Gasteiger charge is -2.37. The zero-order chi connectivity index (χ0) is 9.47. The van der Waals surface area contributed by atoms with E-state index in [9.17, 15) is 5.11 Å². The van der Waals surface area contributed by atoms with Crippen molar-refractivity contribution in [1.82, 2.24) is 4.98 Å². The van der Waals surface area contributed by atoms with Crippen LogP contribution in [0.3, 0.4) is 0 Å².